The number of aliphatic hydroxyl groups excluding tert-OH is 2. The van der Waals surface area contributed by atoms with Crippen LogP contribution in [-0.2, 0) is 28.7 Å². The van der Waals surface area contributed by atoms with Gasteiger partial charge in [-0.3, -0.25) is 0 Å². The Morgan fingerprint density at radius 1 is 0.436 bits per heavy atom. The third-order valence-corrected chi connectivity index (χ3v) is 10.2. The van der Waals surface area contributed by atoms with Gasteiger partial charge in [-0.15, -0.1) is 0 Å². The fraction of sp³-hybridized carbons (Fsp3) is 0.909. The third-order valence-electron chi connectivity index (χ3n) is 10.2. The van der Waals surface area contributed by atoms with Gasteiger partial charge >= 0.3 is 49.7 Å². The predicted molar refractivity (Wildman–Crippen MR) is 218 cm³/mol. The predicted octanol–water partition coefficient (Wildman–Crippen LogP) is 8.20. The van der Waals surface area contributed by atoms with E-state index in [2.05, 4.69) is 13.8 Å². The second-order valence-corrected chi connectivity index (χ2v) is 15.9. The fourth-order valence-electron chi connectivity index (χ4n) is 6.32. The number of aliphatic carboxylic acids is 2. The molecule has 0 radical (unpaired) electrons. The topological polar surface area (TPSA) is 173 Å². The number of hydrogen-bond donors (Lipinski definition) is 2. The van der Waals surface area contributed by atoms with Gasteiger partial charge in [0.25, 0.3) is 0 Å². The van der Waals surface area contributed by atoms with Gasteiger partial charge in [0.1, 0.15) is 23.4 Å². The standard InChI is InChI=1S/2C22H42O5.Ca/c2*1-4-5-6-7-8-9-10-11-12-13-14-15-16-17-18-22(3,21(25)26)27-20(24)19(2)23;/h2*19,23H,4-18H2,1-3H3,(H,25,26);/q;;+2/p-2. The van der Waals surface area contributed by atoms with E-state index in [0.29, 0.717) is 12.8 Å². The van der Waals surface area contributed by atoms with Crippen molar-refractivity contribution < 1.29 is 49.1 Å². The number of carboxylic acids is 2. The van der Waals surface area contributed by atoms with Gasteiger partial charge in [0, 0.05) is 0 Å². The van der Waals surface area contributed by atoms with Crippen molar-refractivity contribution in [3.05, 3.63) is 0 Å². The summed E-state index contributed by atoms with van der Waals surface area (Å²) in [5.41, 5.74) is -3.32. The van der Waals surface area contributed by atoms with Crippen LogP contribution in [-0.4, -0.2) is 95.2 Å². The molecular formula is C44H82CaO10. The van der Waals surface area contributed by atoms with Gasteiger partial charge in [-0.25, -0.2) is 9.59 Å². The van der Waals surface area contributed by atoms with E-state index < -0.39 is 47.3 Å². The van der Waals surface area contributed by atoms with E-state index in [4.69, 9.17) is 9.47 Å². The molecule has 2 N–H and O–H groups in total. The number of carboxylic acid groups (broad SMARTS) is 2. The summed E-state index contributed by atoms with van der Waals surface area (Å²) in [6, 6.07) is 0. The molecule has 0 spiro atoms. The van der Waals surface area contributed by atoms with Crippen molar-refractivity contribution in [2.24, 2.45) is 0 Å². The minimum Gasteiger partial charge on any atom is -0.546 e. The average Bonchev–Trinajstić information content (AvgIpc) is 3.11. The fourth-order valence-corrected chi connectivity index (χ4v) is 6.32. The molecule has 0 aromatic heterocycles. The summed E-state index contributed by atoms with van der Waals surface area (Å²) >= 11 is 0. The first-order chi connectivity index (χ1) is 25.7. The second kappa shape index (κ2) is 38.6. The van der Waals surface area contributed by atoms with Crippen molar-refractivity contribution >= 4 is 61.6 Å². The van der Waals surface area contributed by atoms with Gasteiger partial charge in [-0.05, 0) is 53.4 Å². The zero-order valence-electron chi connectivity index (χ0n) is 36.2. The first-order valence-electron chi connectivity index (χ1n) is 21.9. The van der Waals surface area contributed by atoms with Gasteiger partial charge < -0.3 is 39.5 Å². The van der Waals surface area contributed by atoms with Gasteiger partial charge in [0.15, 0.2) is 0 Å². The molecule has 0 heterocycles. The van der Waals surface area contributed by atoms with Crippen LogP contribution >= 0.6 is 0 Å². The number of ether oxygens (including phenoxy) is 2. The Morgan fingerprint density at radius 3 is 0.782 bits per heavy atom. The van der Waals surface area contributed by atoms with Crippen LogP contribution in [0, 0.1) is 0 Å². The minimum atomic E-state index is -1.66. The largest absolute Gasteiger partial charge is 2.00 e. The van der Waals surface area contributed by atoms with E-state index in [1.165, 1.54) is 156 Å². The van der Waals surface area contributed by atoms with Crippen LogP contribution in [0.1, 0.15) is 234 Å². The van der Waals surface area contributed by atoms with Crippen LogP contribution < -0.4 is 10.2 Å². The number of hydrogen-bond acceptors (Lipinski definition) is 10. The van der Waals surface area contributed by atoms with Gasteiger partial charge in [-0.2, -0.15) is 0 Å². The Bertz CT molecular complexity index is 870. The van der Waals surface area contributed by atoms with Crippen LogP contribution in [0.25, 0.3) is 0 Å². The number of carbonyl (C=O) groups is 4. The maximum Gasteiger partial charge on any atom is 2.00 e. The monoisotopic (exact) mass is 811 g/mol. The Hall–Kier alpha value is -0.940. The van der Waals surface area contributed by atoms with Crippen molar-refractivity contribution in [3.8, 4) is 0 Å². The summed E-state index contributed by atoms with van der Waals surface area (Å²) in [7, 11) is 0. The first-order valence-corrected chi connectivity index (χ1v) is 21.9. The van der Waals surface area contributed by atoms with Crippen molar-refractivity contribution in [1.82, 2.24) is 0 Å². The van der Waals surface area contributed by atoms with Crippen LogP contribution in [0.15, 0.2) is 0 Å². The molecule has 4 atom stereocenters. The smallest absolute Gasteiger partial charge is 0.546 e. The molecule has 11 heteroatoms. The minimum absolute atomic E-state index is 0. The molecule has 0 aliphatic rings. The summed E-state index contributed by atoms with van der Waals surface area (Å²) in [6.07, 6.45) is 32.0. The molecule has 320 valence electrons. The molecule has 0 aromatic carbocycles. The molecule has 0 saturated carbocycles. The summed E-state index contributed by atoms with van der Waals surface area (Å²) in [5, 5.41) is 40.9. The zero-order valence-corrected chi connectivity index (χ0v) is 38.4. The average molecular weight is 811 g/mol. The molecule has 0 bridgehead atoms. The van der Waals surface area contributed by atoms with E-state index in [0.717, 1.165) is 38.5 Å². The number of unbranched alkanes of at least 4 members (excludes halogenated alkanes) is 26. The molecular weight excluding hydrogens is 729 g/mol. The summed E-state index contributed by atoms with van der Waals surface area (Å²) in [6.45, 7) is 9.67. The molecule has 0 saturated heterocycles. The molecule has 0 rings (SSSR count). The van der Waals surface area contributed by atoms with E-state index >= 15 is 0 Å². The number of esters is 2. The number of carbonyl (C=O) groups excluding carboxylic acids is 4. The molecule has 55 heavy (non-hydrogen) atoms. The molecule has 0 aliphatic carbocycles. The number of rotatable bonds is 36. The van der Waals surface area contributed by atoms with Crippen LogP contribution in [0.2, 0.25) is 0 Å². The summed E-state index contributed by atoms with van der Waals surface area (Å²) in [4.78, 5) is 45.4. The molecule has 0 fully saturated rings. The van der Waals surface area contributed by atoms with Crippen molar-refractivity contribution in [3.63, 3.8) is 0 Å². The molecule has 10 nitrogen and oxygen atoms in total. The van der Waals surface area contributed by atoms with Gasteiger partial charge in [0.05, 0.1) is 11.9 Å². The third kappa shape index (κ3) is 34.8. The molecule has 4 unspecified atom stereocenters. The first kappa shape index (κ1) is 58.4. The maximum absolute atomic E-state index is 11.4. The maximum atomic E-state index is 11.4. The van der Waals surface area contributed by atoms with Crippen molar-refractivity contribution in [2.45, 2.75) is 258 Å². The van der Waals surface area contributed by atoms with Gasteiger partial charge in [0.2, 0.25) is 0 Å². The summed E-state index contributed by atoms with van der Waals surface area (Å²) in [5.74, 6) is -4.67. The molecule has 0 aliphatic heterocycles. The SMILES string of the molecule is CCCCCCCCCCCCCCCCC(C)(OC(=O)C(C)O)C(=O)[O-].CCCCCCCCCCCCCCCCC(C)(OC(=O)C(C)O)C(=O)[O-].[Ca+2]. The quantitative estimate of drug-likeness (QED) is 0.0357. The Kier molecular flexibility index (Phi) is 40.9. The van der Waals surface area contributed by atoms with Crippen LogP contribution in [0.5, 0.6) is 0 Å². The Balaban J connectivity index is -0.000000966. The van der Waals surface area contributed by atoms with E-state index in [9.17, 15) is 39.6 Å². The molecule has 0 aromatic rings. The van der Waals surface area contributed by atoms with Crippen LogP contribution in [0.3, 0.4) is 0 Å². The van der Waals surface area contributed by atoms with E-state index in [-0.39, 0.29) is 50.6 Å². The van der Waals surface area contributed by atoms with Crippen molar-refractivity contribution in [1.29, 1.82) is 0 Å². The number of aliphatic hydroxyl groups is 2. The van der Waals surface area contributed by atoms with Gasteiger partial charge in [-0.1, -0.05) is 181 Å². The van der Waals surface area contributed by atoms with E-state index in [1.54, 1.807) is 0 Å². The van der Waals surface area contributed by atoms with Crippen molar-refractivity contribution in [2.75, 3.05) is 0 Å². The second-order valence-electron chi connectivity index (χ2n) is 15.9. The zero-order chi connectivity index (χ0) is 41.1. The molecule has 0 amide bonds. The summed E-state index contributed by atoms with van der Waals surface area (Å²) < 4.78 is 9.85. The Labute approximate surface area is 366 Å². The normalized spacial score (nSPS) is 14.3. The Morgan fingerprint density at radius 2 is 0.618 bits per heavy atom. The van der Waals surface area contributed by atoms with E-state index in [1.807, 2.05) is 0 Å². The van der Waals surface area contributed by atoms with Crippen LogP contribution in [0.4, 0.5) is 0 Å².